The van der Waals surface area contributed by atoms with Gasteiger partial charge in [-0.15, -0.1) is 0 Å². The molecule has 0 aliphatic carbocycles. The number of hydrogen-bond donors (Lipinski definition) is 1. The zero-order valence-electron chi connectivity index (χ0n) is 16.2. The minimum absolute atomic E-state index is 0.0212. The number of aryl methyl sites for hydroxylation is 1. The van der Waals surface area contributed by atoms with Crippen LogP contribution in [0, 0.1) is 0 Å². The van der Waals surface area contributed by atoms with Gasteiger partial charge >= 0.3 is 0 Å². The maximum Gasteiger partial charge on any atom is 0.257 e. The minimum atomic E-state index is 0.0212. The highest BCUT2D eigenvalue weighted by molar-refractivity contribution is 6.00. The summed E-state index contributed by atoms with van der Waals surface area (Å²) in [4.78, 5) is 22.7. The fourth-order valence-corrected chi connectivity index (χ4v) is 3.94. The highest BCUT2D eigenvalue weighted by Crippen LogP contribution is 2.30. The largest absolute Gasteiger partial charge is 0.346 e. The lowest BCUT2D eigenvalue weighted by molar-refractivity contribution is 0.0773. The highest BCUT2D eigenvalue weighted by Gasteiger charge is 2.25. The fourth-order valence-electron chi connectivity index (χ4n) is 3.94. The van der Waals surface area contributed by atoms with Gasteiger partial charge in [0.2, 0.25) is 0 Å². The van der Waals surface area contributed by atoms with Gasteiger partial charge in [0.25, 0.3) is 5.91 Å². The molecule has 5 rings (SSSR count). The number of carbonyl (C=O) groups excluding carboxylic acids is 1. The van der Waals surface area contributed by atoms with Gasteiger partial charge in [0.05, 0.1) is 5.56 Å². The number of fused-ring (bicyclic) bond motifs is 1. The van der Waals surface area contributed by atoms with Gasteiger partial charge in [-0.3, -0.25) is 9.48 Å². The van der Waals surface area contributed by atoms with E-state index in [-0.39, 0.29) is 5.91 Å². The van der Waals surface area contributed by atoms with E-state index in [0.29, 0.717) is 18.7 Å². The number of nitrogens with zero attached hydrogens (tertiary/aromatic N) is 4. The molecule has 0 fully saturated rings. The van der Waals surface area contributed by atoms with E-state index in [1.165, 1.54) is 11.1 Å². The van der Waals surface area contributed by atoms with E-state index in [1.54, 1.807) is 10.9 Å². The molecule has 4 heterocycles. The van der Waals surface area contributed by atoms with Crippen LogP contribution in [0.5, 0.6) is 0 Å². The van der Waals surface area contributed by atoms with Gasteiger partial charge in [-0.2, -0.15) is 5.10 Å². The number of carbonyl (C=O) groups is 1. The van der Waals surface area contributed by atoms with Gasteiger partial charge in [0.15, 0.2) is 0 Å². The summed E-state index contributed by atoms with van der Waals surface area (Å²) in [6, 6.07) is 13.9. The first-order valence-corrected chi connectivity index (χ1v) is 9.70. The van der Waals surface area contributed by atoms with Crippen LogP contribution in [0.1, 0.15) is 22.3 Å². The molecule has 29 heavy (non-hydrogen) atoms. The monoisotopic (exact) mass is 383 g/mol. The maximum absolute atomic E-state index is 13.2. The van der Waals surface area contributed by atoms with Crippen molar-refractivity contribution in [2.45, 2.75) is 6.42 Å². The molecule has 1 aliphatic heterocycles. The van der Waals surface area contributed by atoms with Crippen molar-refractivity contribution < 1.29 is 4.79 Å². The molecule has 1 aliphatic rings. The van der Waals surface area contributed by atoms with Crippen molar-refractivity contribution in [1.29, 1.82) is 0 Å². The SMILES string of the molecule is Cn1cc(C(=O)N2CC=C(c3c[nH]c4ncccc34)CC2)c(-c2ccccc2)n1. The molecule has 144 valence electrons. The molecular formula is C23H21N5O. The molecule has 1 amide bonds. The second-order valence-corrected chi connectivity index (χ2v) is 7.26. The third kappa shape index (κ3) is 3.12. The zero-order valence-corrected chi connectivity index (χ0v) is 16.2. The van der Waals surface area contributed by atoms with Crippen molar-refractivity contribution in [3.05, 3.63) is 78.3 Å². The third-order valence-corrected chi connectivity index (χ3v) is 5.40. The van der Waals surface area contributed by atoms with Gasteiger partial charge in [-0.1, -0.05) is 36.4 Å². The molecule has 0 unspecified atom stereocenters. The van der Waals surface area contributed by atoms with Crippen LogP contribution >= 0.6 is 0 Å². The summed E-state index contributed by atoms with van der Waals surface area (Å²) >= 11 is 0. The lowest BCUT2D eigenvalue weighted by Crippen LogP contribution is -2.34. The topological polar surface area (TPSA) is 66.8 Å². The number of hydrogen-bond acceptors (Lipinski definition) is 3. The van der Waals surface area contributed by atoms with E-state index >= 15 is 0 Å². The fraction of sp³-hybridized carbons (Fsp3) is 0.174. The Morgan fingerprint density at radius 1 is 1.14 bits per heavy atom. The third-order valence-electron chi connectivity index (χ3n) is 5.40. The Hall–Kier alpha value is -3.67. The second kappa shape index (κ2) is 7.05. The smallest absolute Gasteiger partial charge is 0.257 e. The van der Waals surface area contributed by atoms with Crippen LogP contribution in [-0.4, -0.2) is 43.6 Å². The predicted octanol–water partition coefficient (Wildman–Crippen LogP) is 3.89. The predicted molar refractivity (Wildman–Crippen MR) is 113 cm³/mol. The summed E-state index contributed by atoms with van der Waals surface area (Å²) in [6.07, 6.45) is 8.57. The van der Waals surface area contributed by atoms with E-state index in [2.05, 4.69) is 27.2 Å². The molecule has 6 heteroatoms. The molecular weight excluding hydrogens is 362 g/mol. The minimum Gasteiger partial charge on any atom is -0.346 e. The van der Waals surface area contributed by atoms with Crippen LogP contribution in [0.25, 0.3) is 27.9 Å². The Labute approximate surface area is 168 Å². The summed E-state index contributed by atoms with van der Waals surface area (Å²) < 4.78 is 1.71. The summed E-state index contributed by atoms with van der Waals surface area (Å²) in [5.74, 6) is 0.0212. The Bertz CT molecular complexity index is 1220. The van der Waals surface area contributed by atoms with Gasteiger partial charge in [0.1, 0.15) is 11.3 Å². The second-order valence-electron chi connectivity index (χ2n) is 7.26. The summed E-state index contributed by atoms with van der Waals surface area (Å²) in [6.45, 7) is 1.27. The van der Waals surface area contributed by atoms with Gasteiger partial charge in [-0.05, 0) is 24.1 Å². The molecule has 1 N–H and O–H groups in total. The number of benzene rings is 1. The molecule has 3 aromatic heterocycles. The Morgan fingerprint density at radius 3 is 2.79 bits per heavy atom. The Morgan fingerprint density at radius 2 is 2.00 bits per heavy atom. The average Bonchev–Trinajstić information content (AvgIpc) is 3.38. The molecule has 0 atom stereocenters. The zero-order chi connectivity index (χ0) is 19.8. The standard InChI is InChI=1S/C23H21N5O/c1-27-15-20(21(26-27)17-6-3-2-4-7-17)23(29)28-12-9-16(10-13-28)19-14-25-22-18(19)8-5-11-24-22/h2-9,11,14-15H,10,12-13H2,1H3,(H,24,25). The lowest BCUT2D eigenvalue weighted by Gasteiger charge is -2.26. The normalized spacial score (nSPS) is 14.2. The molecule has 6 nitrogen and oxygen atoms in total. The van der Waals surface area contributed by atoms with E-state index in [1.807, 2.05) is 60.7 Å². The van der Waals surface area contributed by atoms with Crippen molar-refractivity contribution in [3.63, 3.8) is 0 Å². The lowest BCUT2D eigenvalue weighted by atomic mass is 9.99. The van der Waals surface area contributed by atoms with Crippen LogP contribution in [0.15, 0.2) is 67.1 Å². The molecule has 0 spiro atoms. The van der Waals surface area contributed by atoms with E-state index in [4.69, 9.17) is 0 Å². The van der Waals surface area contributed by atoms with Gasteiger partial charge < -0.3 is 9.88 Å². The molecule has 0 bridgehead atoms. The number of aromatic amines is 1. The summed E-state index contributed by atoms with van der Waals surface area (Å²) in [5.41, 5.74) is 5.65. The van der Waals surface area contributed by atoms with Gasteiger partial charge in [-0.25, -0.2) is 4.98 Å². The number of H-pyrrole nitrogens is 1. The van der Waals surface area contributed by atoms with Crippen LogP contribution in [0.4, 0.5) is 0 Å². The molecule has 0 saturated heterocycles. The van der Waals surface area contributed by atoms with E-state index in [9.17, 15) is 4.79 Å². The van der Waals surface area contributed by atoms with E-state index < -0.39 is 0 Å². The van der Waals surface area contributed by atoms with Gasteiger partial charge in [0, 0.05) is 55.2 Å². The number of amides is 1. The number of pyridine rings is 1. The van der Waals surface area contributed by atoms with Crippen LogP contribution in [0.3, 0.4) is 0 Å². The first-order valence-electron chi connectivity index (χ1n) is 9.70. The van der Waals surface area contributed by atoms with Crippen molar-refractivity contribution in [2.75, 3.05) is 13.1 Å². The van der Waals surface area contributed by atoms with Crippen molar-refractivity contribution >= 4 is 22.5 Å². The molecule has 4 aromatic rings. The number of aromatic nitrogens is 4. The molecule has 0 saturated carbocycles. The van der Waals surface area contributed by atoms with Crippen molar-refractivity contribution in [3.8, 4) is 11.3 Å². The Balaban J connectivity index is 1.41. The number of nitrogens with one attached hydrogen (secondary N) is 1. The summed E-state index contributed by atoms with van der Waals surface area (Å²) in [7, 11) is 1.85. The maximum atomic E-state index is 13.2. The Kier molecular flexibility index (Phi) is 4.24. The van der Waals surface area contributed by atoms with Crippen LogP contribution < -0.4 is 0 Å². The average molecular weight is 383 g/mol. The first-order chi connectivity index (χ1) is 14.2. The summed E-state index contributed by atoms with van der Waals surface area (Å²) in [5, 5.41) is 5.65. The molecule has 0 radical (unpaired) electrons. The highest BCUT2D eigenvalue weighted by atomic mass is 16.2. The van der Waals surface area contributed by atoms with Crippen LogP contribution in [-0.2, 0) is 7.05 Å². The quantitative estimate of drug-likeness (QED) is 0.584. The van der Waals surface area contributed by atoms with Crippen molar-refractivity contribution in [1.82, 2.24) is 24.6 Å². The number of rotatable bonds is 3. The molecule has 1 aromatic carbocycles. The van der Waals surface area contributed by atoms with Crippen LogP contribution in [0.2, 0.25) is 0 Å². The van der Waals surface area contributed by atoms with E-state index in [0.717, 1.165) is 28.7 Å². The van der Waals surface area contributed by atoms with Crippen molar-refractivity contribution in [2.24, 2.45) is 7.05 Å². The first kappa shape index (κ1) is 17.4.